The summed E-state index contributed by atoms with van der Waals surface area (Å²) in [4.78, 5) is 14.2. The van der Waals surface area contributed by atoms with Crippen LogP contribution in [0.3, 0.4) is 0 Å². The van der Waals surface area contributed by atoms with Gasteiger partial charge < -0.3 is 15.0 Å². The van der Waals surface area contributed by atoms with E-state index >= 15 is 0 Å². The summed E-state index contributed by atoms with van der Waals surface area (Å²) in [6, 6.07) is 17.8. The molecule has 0 atom stereocenters. The van der Waals surface area contributed by atoms with Gasteiger partial charge in [0.2, 0.25) is 5.91 Å². The first-order valence-electron chi connectivity index (χ1n) is 9.66. The van der Waals surface area contributed by atoms with E-state index in [9.17, 15) is 4.79 Å². The van der Waals surface area contributed by atoms with E-state index in [2.05, 4.69) is 24.1 Å². The number of ether oxygens (including phenoxy) is 1. The molecule has 4 heteroatoms. The van der Waals surface area contributed by atoms with Crippen LogP contribution in [0.4, 0.5) is 0 Å². The molecule has 0 saturated carbocycles. The van der Waals surface area contributed by atoms with Crippen LogP contribution < -0.4 is 10.1 Å². The summed E-state index contributed by atoms with van der Waals surface area (Å²) in [6.07, 6.45) is 4.37. The first kappa shape index (κ1) is 20.7. The fraction of sp³-hybridized carbons (Fsp3) is 0.348. The smallest absolute Gasteiger partial charge is 0.243 e. The number of amides is 1. The van der Waals surface area contributed by atoms with E-state index in [0.717, 1.165) is 42.9 Å². The molecule has 2 rings (SSSR count). The van der Waals surface area contributed by atoms with E-state index in [4.69, 9.17) is 4.74 Å². The molecular weight excluding hydrogens is 336 g/mol. The molecule has 0 aromatic heterocycles. The van der Waals surface area contributed by atoms with Crippen LogP contribution in [0.5, 0.6) is 5.75 Å². The maximum Gasteiger partial charge on any atom is 0.243 e. The Bertz CT molecular complexity index is 692. The van der Waals surface area contributed by atoms with E-state index in [1.54, 1.807) is 6.08 Å². The molecule has 4 nitrogen and oxygen atoms in total. The van der Waals surface area contributed by atoms with Gasteiger partial charge in [-0.1, -0.05) is 56.3 Å². The Morgan fingerprint density at radius 1 is 1.04 bits per heavy atom. The van der Waals surface area contributed by atoms with E-state index in [0.29, 0.717) is 13.2 Å². The van der Waals surface area contributed by atoms with Crippen LogP contribution in [0.25, 0.3) is 6.08 Å². The number of carbonyl (C=O) groups excluding carboxylic acids is 1. The van der Waals surface area contributed by atoms with Gasteiger partial charge in [-0.05, 0) is 55.4 Å². The van der Waals surface area contributed by atoms with Crippen LogP contribution in [0.1, 0.15) is 31.4 Å². The number of carbonyl (C=O) groups is 1. The molecule has 0 aliphatic carbocycles. The zero-order valence-electron chi connectivity index (χ0n) is 16.4. The third-order valence-corrected chi connectivity index (χ3v) is 4.40. The third-order valence-electron chi connectivity index (χ3n) is 4.40. The minimum Gasteiger partial charge on any atom is -0.489 e. The Balaban J connectivity index is 1.70. The maximum absolute atomic E-state index is 11.9. The molecule has 0 saturated heterocycles. The molecule has 0 radical (unpaired) electrons. The van der Waals surface area contributed by atoms with Gasteiger partial charge in [-0.2, -0.15) is 0 Å². The summed E-state index contributed by atoms with van der Waals surface area (Å²) in [5.41, 5.74) is 2.11. The highest BCUT2D eigenvalue weighted by molar-refractivity contribution is 5.91. The van der Waals surface area contributed by atoms with Crippen molar-refractivity contribution in [2.75, 3.05) is 26.2 Å². The summed E-state index contributed by atoms with van der Waals surface area (Å²) in [5.74, 6) is 0.760. The van der Waals surface area contributed by atoms with Crippen LogP contribution in [-0.4, -0.2) is 37.0 Å². The average Bonchev–Trinajstić information content (AvgIpc) is 2.72. The van der Waals surface area contributed by atoms with Crippen molar-refractivity contribution in [3.8, 4) is 5.75 Å². The van der Waals surface area contributed by atoms with Gasteiger partial charge in [0.1, 0.15) is 12.4 Å². The molecule has 0 aliphatic rings. The van der Waals surface area contributed by atoms with E-state index in [-0.39, 0.29) is 5.91 Å². The van der Waals surface area contributed by atoms with Crippen LogP contribution in [-0.2, 0) is 11.4 Å². The van der Waals surface area contributed by atoms with Crippen LogP contribution in [0.15, 0.2) is 60.7 Å². The van der Waals surface area contributed by atoms with E-state index in [1.807, 2.05) is 60.7 Å². The Labute approximate surface area is 162 Å². The summed E-state index contributed by atoms with van der Waals surface area (Å²) in [6.45, 7) is 8.68. The van der Waals surface area contributed by atoms with Crippen molar-refractivity contribution in [2.24, 2.45) is 0 Å². The highest BCUT2D eigenvalue weighted by Crippen LogP contribution is 2.15. The molecule has 27 heavy (non-hydrogen) atoms. The molecule has 0 bridgehead atoms. The predicted octanol–water partition coefficient (Wildman–Crippen LogP) is 4.13. The quantitative estimate of drug-likeness (QED) is 0.480. The molecule has 1 N–H and O–H groups in total. The first-order valence-corrected chi connectivity index (χ1v) is 9.66. The normalized spacial score (nSPS) is 11.1. The summed E-state index contributed by atoms with van der Waals surface area (Å²) >= 11 is 0. The molecule has 2 aromatic rings. The number of rotatable bonds is 11. The Morgan fingerprint density at radius 2 is 1.74 bits per heavy atom. The van der Waals surface area contributed by atoms with Crippen molar-refractivity contribution in [2.45, 2.75) is 26.9 Å². The molecule has 0 heterocycles. The topological polar surface area (TPSA) is 41.6 Å². The Morgan fingerprint density at radius 3 is 2.41 bits per heavy atom. The average molecular weight is 367 g/mol. The lowest BCUT2D eigenvalue weighted by Crippen LogP contribution is -2.29. The fourth-order valence-electron chi connectivity index (χ4n) is 2.70. The summed E-state index contributed by atoms with van der Waals surface area (Å²) in [7, 11) is 0. The molecule has 0 spiro atoms. The van der Waals surface area contributed by atoms with Crippen LogP contribution >= 0.6 is 0 Å². The second-order valence-corrected chi connectivity index (χ2v) is 6.35. The molecule has 1 amide bonds. The predicted molar refractivity (Wildman–Crippen MR) is 112 cm³/mol. The zero-order valence-corrected chi connectivity index (χ0v) is 16.4. The van der Waals surface area contributed by atoms with Crippen molar-refractivity contribution >= 4 is 12.0 Å². The molecule has 0 unspecified atom stereocenters. The number of nitrogens with one attached hydrogen (secondary N) is 1. The fourth-order valence-corrected chi connectivity index (χ4v) is 2.70. The lowest BCUT2D eigenvalue weighted by atomic mass is 10.2. The first-order chi connectivity index (χ1) is 13.2. The summed E-state index contributed by atoms with van der Waals surface area (Å²) in [5, 5.41) is 2.93. The molecule has 2 aromatic carbocycles. The second-order valence-electron chi connectivity index (χ2n) is 6.35. The van der Waals surface area contributed by atoms with Crippen LogP contribution in [0, 0.1) is 0 Å². The molecule has 0 fully saturated rings. The lowest BCUT2D eigenvalue weighted by Gasteiger charge is -2.17. The minimum atomic E-state index is -0.0565. The maximum atomic E-state index is 11.9. The van der Waals surface area contributed by atoms with Gasteiger partial charge in [-0.3, -0.25) is 4.79 Å². The zero-order chi connectivity index (χ0) is 19.3. The molecule has 144 valence electrons. The minimum absolute atomic E-state index is 0.0565. The van der Waals surface area contributed by atoms with Crippen LogP contribution in [0.2, 0.25) is 0 Å². The second kappa shape index (κ2) is 11.9. The molecule has 0 aliphatic heterocycles. The largest absolute Gasteiger partial charge is 0.489 e. The van der Waals surface area contributed by atoms with Gasteiger partial charge in [0, 0.05) is 12.6 Å². The summed E-state index contributed by atoms with van der Waals surface area (Å²) < 4.78 is 5.77. The van der Waals surface area contributed by atoms with E-state index in [1.165, 1.54) is 0 Å². The number of nitrogens with zero attached hydrogens (tertiary/aromatic N) is 1. The highest BCUT2D eigenvalue weighted by Gasteiger charge is 2.00. The number of hydrogen-bond acceptors (Lipinski definition) is 3. The monoisotopic (exact) mass is 366 g/mol. The van der Waals surface area contributed by atoms with Crippen molar-refractivity contribution in [1.82, 2.24) is 10.2 Å². The standard InChI is InChI=1S/C23H30N2O2/c1-3-25(4-2)18-8-17-24-23(26)16-13-20-11-14-22(15-12-20)27-19-21-9-6-5-7-10-21/h5-7,9-16H,3-4,8,17-19H2,1-2H3,(H,24,26)/b16-13+. The third kappa shape index (κ3) is 8.09. The van der Waals surface area contributed by atoms with Gasteiger partial charge in [-0.15, -0.1) is 0 Å². The SMILES string of the molecule is CCN(CC)CCCNC(=O)/C=C/c1ccc(OCc2ccccc2)cc1. The number of hydrogen-bond donors (Lipinski definition) is 1. The van der Waals surface area contributed by atoms with Crippen molar-refractivity contribution < 1.29 is 9.53 Å². The van der Waals surface area contributed by atoms with Gasteiger partial charge in [-0.25, -0.2) is 0 Å². The van der Waals surface area contributed by atoms with Crippen molar-refractivity contribution in [3.63, 3.8) is 0 Å². The van der Waals surface area contributed by atoms with E-state index < -0.39 is 0 Å². The van der Waals surface area contributed by atoms with Crippen molar-refractivity contribution in [1.29, 1.82) is 0 Å². The van der Waals surface area contributed by atoms with Gasteiger partial charge in [0.05, 0.1) is 0 Å². The van der Waals surface area contributed by atoms with Gasteiger partial charge >= 0.3 is 0 Å². The Kier molecular flexibility index (Phi) is 9.14. The van der Waals surface area contributed by atoms with Gasteiger partial charge in [0.25, 0.3) is 0 Å². The van der Waals surface area contributed by atoms with Gasteiger partial charge in [0.15, 0.2) is 0 Å². The molecular formula is C23H30N2O2. The lowest BCUT2D eigenvalue weighted by molar-refractivity contribution is -0.116. The van der Waals surface area contributed by atoms with Crippen molar-refractivity contribution in [3.05, 3.63) is 71.8 Å². The Hall–Kier alpha value is -2.59. The number of benzene rings is 2. The highest BCUT2D eigenvalue weighted by atomic mass is 16.5.